The SMILES string of the molecule is NCc1cc(F)cc(CN(CCO)CC(F)(F)F)c1. The van der Waals surface area contributed by atoms with Gasteiger partial charge in [-0.15, -0.1) is 0 Å². The van der Waals surface area contributed by atoms with E-state index in [0.717, 1.165) is 4.90 Å². The van der Waals surface area contributed by atoms with Crippen LogP contribution in [0.5, 0.6) is 0 Å². The molecule has 108 valence electrons. The predicted molar refractivity (Wildman–Crippen MR) is 62.7 cm³/mol. The third kappa shape index (κ3) is 6.00. The van der Waals surface area contributed by atoms with Gasteiger partial charge in [0.15, 0.2) is 0 Å². The predicted octanol–water partition coefficient (Wildman–Crippen LogP) is 1.64. The van der Waals surface area contributed by atoms with Crippen LogP contribution in [0.4, 0.5) is 17.6 Å². The first-order valence-corrected chi connectivity index (χ1v) is 5.72. The number of hydrogen-bond acceptors (Lipinski definition) is 3. The maximum Gasteiger partial charge on any atom is 0.401 e. The molecule has 0 heterocycles. The lowest BCUT2D eigenvalue weighted by atomic mass is 10.1. The van der Waals surface area contributed by atoms with Gasteiger partial charge in [-0.3, -0.25) is 4.90 Å². The summed E-state index contributed by atoms with van der Waals surface area (Å²) in [5.41, 5.74) is 6.30. The third-order valence-corrected chi connectivity index (χ3v) is 2.48. The van der Waals surface area contributed by atoms with Gasteiger partial charge in [-0.25, -0.2) is 4.39 Å². The van der Waals surface area contributed by atoms with Crippen LogP contribution in [0.1, 0.15) is 11.1 Å². The van der Waals surface area contributed by atoms with E-state index in [4.69, 9.17) is 10.8 Å². The number of alkyl halides is 3. The van der Waals surface area contributed by atoms with Crippen molar-refractivity contribution in [1.82, 2.24) is 4.90 Å². The topological polar surface area (TPSA) is 49.5 Å². The fraction of sp³-hybridized carbons (Fsp3) is 0.500. The molecule has 1 rings (SSSR count). The summed E-state index contributed by atoms with van der Waals surface area (Å²) < 4.78 is 50.3. The largest absolute Gasteiger partial charge is 0.401 e. The molecule has 0 bridgehead atoms. The number of benzene rings is 1. The van der Waals surface area contributed by atoms with Gasteiger partial charge < -0.3 is 10.8 Å². The highest BCUT2D eigenvalue weighted by Gasteiger charge is 2.30. The van der Waals surface area contributed by atoms with Crippen LogP contribution in [0, 0.1) is 5.82 Å². The quantitative estimate of drug-likeness (QED) is 0.779. The van der Waals surface area contributed by atoms with Gasteiger partial charge in [-0.1, -0.05) is 6.07 Å². The molecule has 0 aliphatic rings. The molecular formula is C12H16F4N2O. The zero-order valence-corrected chi connectivity index (χ0v) is 10.3. The van der Waals surface area contributed by atoms with Crippen molar-refractivity contribution in [3.05, 3.63) is 35.1 Å². The highest BCUT2D eigenvalue weighted by atomic mass is 19.4. The zero-order chi connectivity index (χ0) is 14.5. The Morgan fingerprint density at radius 3 is 2.32 bits per heavy atom. The van der Waals surface area contributed by atoms with Crippen LogP contribution in [0.15, 0.2) is 18.2 Å². The number of nitrogens with zero attached hydrogens (tertiary/aromatic N) is 1. The average molecular weight is 280 g/mol. The molecule has 7 heteroatoms. The first kappa shape index (κ1) is 15.9. The lowest BCUT2D eigenvalue weighted by Crippen LogP contribution is -2.35. The average Bonchev–Trinajstić information content (AvgIpc) is 2.26. The Morgan fingerprint density at radius 1 is 1.16 bits per heavy atom. The fourth-order valence-electron chi connectivity index (χ4n) is 1.79. The van der Waals surface area contributed by atoms with E-state index in [-0.39, 0.29) is 19.6 Å². The number of hydrogen-bond donors (Lipinski definition) is 2. The molecule has 0 aliphatic carbocycles. The molecule has 0 radical (unpaired) electrons. The summed E-state index contributed by atoms with van der Waals surface area (Å²) >= 11 is 0. The number of rotatable bonds is 6. The van der Waals surface area contributed by atoms with Crippen LogP contribution in [0.3, 0.4) is 0 Å². The minimum Gasteiger partial charge on any atom is -0.395 e. The summed E-state index contributed by atoms with van der Waals surface area (Å²) in [6.45, 7) is -1.65. The molecule has 3 nitrogen and oxygen atoms in total. The van der Waals surface area contributed by atoms with Crippen molar-refractivity contribution in [2.24, 2.45) is 5.73 Å². The Kier molecular flexibility index (Phi) is 5.71. The van der Waals surface area contributed by atoms with Gasteiger partial charge in [0.05, 0.1) is 13.2 Å². The summed E-state index contributed by atoms with van der Waals surface area (Å²) in [6.07, 6.45) is -4.36. The first-order chi connectivity index (χ1) is 8.84. The molecule has 19 heavy (non-hydrogen) atoms. The maximum absolute atomic E-state index is 13.2. The van der Waals surface area contributed by atoms with Gasteiger partial charge in [0.25, 0.3) is 0 Å². The van der Waals surface area contributed by atoms with Crippen molar-refractivity contribution < 1.29 is 22.7 Å². The molecule has 0 fully saturated rings. The van der Waals surface area contributed by atoms with Gasteiger partial charge in [-0.05, 0) is 23.3 Å². The smallest absolute Gasteiger partial charge is 0.395 e. The standard InChI is InChI=1S/C12H16F4N2O/c13-11-4-9(6-17)3-10(5-11)7-18(1-2-19)8-12(14,15)16/h3-5,19H,1-2,6-8,17H2. The second-order valence-electron chi connectivity index (χ2n) is 4.22. The second kappa shape index (κ2) is 6.83. The lowest BCUT2D eigenvalue weighted by Gasteiger charge is -2.23. The molecule has 0 saturated carbocycles. The summed E-state index contributed by atoms with van der Waals surface area (Å²) in [5.74, 6) is -0.533. The van der Waals surface area contributed by atoms with E-state index in [0.29, 0.717) is 11.1 Å². The zero-order valence-electron chi connectivity index (χ0n) is 10.3. The Bertz CT molecular complexity index is 409. The fourth-order valence-corrected chi connectivity index (χ4v) is 1.79. The van der Waals surface area contributed by atoms with Crippen LogP contribution in [-0.4, -0.2) is 35.9 Å². The van der Waals surface area contributed by atoms with E-state index in [1.165, 1.54) is 12.1 Å². The van der Waals surface area contributed by atoms with Gasteiger partial charge in [-0.2, -0.15) is 13.2 Å². The van der Waals surface area contributed by atoms with Crippen LogP contribution in [-0.2, 0) is 13.1 Å². The van der Waals surface area contributed by atoms with Crippen molar-refractivity contribution in [2.45, 2.75) is 19.3 Å². The van der Waals surface area contributed by atoms with Crippen LogP contribution < -0.4 is 5.73 Å². The van der Waals surface area contributed by atoms with E-state index >= 15 is 0 Å². The molecule has 0 aliphatic heterocycles. The molecule has 0 aromatic heterocycles. The third-order valence-electron chi connectivity index (χ3n) is 2.48. The minimum absolute atomic E-state index is 0.0924. The Labute approximate surface area is 108 Å². The Hall–Kier alpha value is -1.18. The van der Waals surface area contributed by atoms with E-state index < -0.39 is 25.1 Å². The van der Waals surface area contributed by atoms with E-state index in [1.807, 2.05) is 0 Å². The van der Waals surface area contributed by atoms with E-state index in [9.17, 15) is 17.6 Å². The molecule has 0 saturated heterocycles. The van der Waals surface area contributed by atoms with Gasteiger partial charge in [0.2, 0.25) is 0 Å². The van der Waals surface area contributed by atoms with Crippen molar-refractivity contribution in [1.29, 1.82) is 0 Å². The first-order valence-electron chi connectivity index (χ1n) is 5.72. The number of aliphatic hydroxyl groups is 1. The highest BCUT2D eigenvalue weighted by Crippen LogP contribution is 2.18. The monoisotopic (exact) mass is 280 g/mol. The number of aliphatic hydroxyl groups excluding tert-OH is 1. The van der Waals surface area contributed by atoms with Crippen molar-refractivity contribution in [3.63, 3.8) is 0 Å². The minimum atomic E-state index is -4.36. The summed E-state index contributed by atoms with van der Waals surface area (Å²) in [4.78, 5) is 1.01. The second-order valence-corrected chi connectivity index (χ2v) is 4.22. The normalized spacial score (nSPS) is 12.2. The van der Waals surface area contributed by atoms with Crippen LogP contribution in [0.2, 0.25) is 0 Å². The maximum atomic E-state index is 13.2. The molecule has 0 unspecified atom stereocenters. The summed E-state index contributed by atoms with van der Waals surface area (Å²) in [7, 11) is 0. The molecule has 0 amide bonds. The van der Waals surface area contributed by atoms with Gasteiger partial charge in [0.1, 0.15) is 5.82 Å². The van der Waals surface area contributed by atoms with Crippen molar-refractivity contribution in [3.8, 4) is 0 Å². The highest BCUT2D eigenvalue weighted by molar-refractivity contribution is 5.24. The molecule has 1 aromatic carbocycles. The lowest BCUT2D eigenvalue weighted by molar-refractivity contribution is -0.147. The molecule has 0 spiro atoms. The van der Waals surface area contributed by atoms with Crippen LogP contribution in [0.25, 0.3) is 0 Å². The molecule has 3 N–H and O–H groups in total. The van der Waals surface area contributed by atoms with E-state index in [2.05, 4.69) is 0 Å². The molecular weight excluding hydrogens is 264 g/mol. The van der Waals surface area contributed by atoms with Crippen molar-refractivity contribution >= 4 is 0 Å². The number of nitrogens with two attached hydrogens (primary N) is 1. The van der Waals surface area contributed by atoms with Gasteiger partial charge in [0, 0.05) is 19.6 Å². The summed E-state index contributed by atoms with van der Waals surface area (Å²) in [5, 5.41) is 8.76. The molecule has 0 atom stereocenters. The Morgan fingerprint density at radius 2 is 1.79 bits per heavy atom. The van der Waals surface area contributed by atoms with E-state index in [1.54, 1.807) is 6.07 Å². The summed E-state index contributed by atoms with van der Waals surface area (Å²) in [6, 6.07) is 3.97. The van der Waals surface area contributed by atoms with Crippen LogP contribution >= 0.6 is 0 Å². The van der Waals surface area contributed by atoms with Crippen molar-refractivity contribution in [2.75, 3.05) is 19.7 Å². The van der Waals surface area contributed by atoms with Gasteiger partial charge >= 0.3 is 6.18 Å². The molecule has 1 aromatic rings. The number of halogens is 4. The Balaban J connectivity index is 2.80.